The predicted octanol–water partition coefficient (Wildman–Crippen LogP) is 3.65. The number of hydrogen-bond acceptors (Lipinski definition) is 6. The Balaban J connectivity index is 2.11. The highest BCUT2D eigenvalue weighted by molar-refractivity contribution is 5.97. The number of amides is 2. The normalized spacial score (nSPS) is 11.9. The van der Waals surface area contributed by atoms with Gasteiger partial charge in [0.15, 0.2) is 0 Å². The molecule has 0 spiro atoms. The van der Waals surface area contributed by atoms with E-state index in [1.165, 1.54) is 12.3 Å². The van der Waals surface area contributed by atoms with Crippen molar-refractivity contribution in [2.75, 3.05) is 18.0 Å². The molecule has 0 saturated carbocycles. The minimum absolute atomic E-state index is 0.0283. The zero-order chi connectivity index (χ0) is 24.5. The van der Waals surface area contributed by atoms with Gasteiger partial charge in [0.05, 0.1) is 11.1 Å². The van der Waals surface area contributed by atoms with Crippen molar-refractivity contribution in [3.05, 3.63) is 69.3 Å². The average molecular weight is 454 g/mol. The second-order valence-corrected chi connectivity index (χ2v) is 7.97. The van der Waals surface area contributed by atoms with Gasteiger partial charge in [0.1, 0.15) is 11.7 Å². The van der Waals surface area contributed by atoms with E-state index >= 15 is 0 Å². The first-order valence-electron chi connectivity index (χ1n) is 10.9. The van der Waals surface area contributed by atoms with Crippen molar-refractivity contribution in [2.24, 2.45) is 11.0 Å². The lowest BCUT2D eigenvalue weighted by Gasteiger charge is -2.21. The van der Waals surface area contributed by atoms with Gasteiger partial charge < -0.3 is 10.2 Å². The number of rotatable bonds is 10. The van der Waals surface area contributed by atoms with E-state index in [9.17, 15) is 19.7 Å². The summed E-state index contributed by atoms with van der Waals surface area (Å²) in [6.07, 6.45) is 1.34. The first-order valence-corrected chi connectivity index (χ1v) is 10.9. The third-order valence-electron chi connectivity index (χ3n) is 5.24. The second kappa shape index (κ2) is 11.8. The van der Waals surface area contributed by atoms with E-state index in [4.69, 9.17) is 0 Å². The lowest BCUT2D eigenvalue weighted by Crippen LogP contribution is -2.48. The van der Waals surface area contributed by atoms with Gasteiger partial charge in [-0.1, -0.05) is 37.6 Å². The van der Waals surface area contributed by atoms with Crippen molar-refractivity contribution in [3.63, 3.8) is 0 Å². The van der Waals surface area contributed by atoms with Crippen LogP contribution in [0, 0.1) is 23.0 Å². The van der Waals surface area contributed by atoms with E-state index < -0.39 is 16.9 Å². The van der Waals surface area contributed by atoms with Gasteiger partial charge in [-0.25, -0.2) is 5.43 Å². The third-order valence-corrected chi connectivity index (χ3v) is 5.24. The van der Waals surface area contributed by atoms with Crippen molar-refractivity contribution in [3.8, 4) is 0 Å². The summed E-state index contributed by atoms with van der Waals surface area (Å²) < 4.78 is 0. The Hall–Kier alpha value is -3.75. The van der Waals surface area contributed by atoms with Gasteiger partial charge in [-0.3, -0.25) is 19.7 Å². The van der Waals surface area contributed by atoms with Crippen LogP contribution in [0.5, 0.6) is 0 Å². The van der Waals surface area contributed by atoms with Gasteiger partial charge in [0, 0.05) is 30.3 Å². The molecule has 176 valence electrons. The quantitative estimate of drug-likeness (QED) is 0.323. The van der Waals surface area contributed by atoms with E-state index in [2.05, 4.69) is 15.8 Å². The fourth-order valence-corrected chi connectivity index (χ4v) is 3.30. The fourth-order valence-electron chi connectivity index (χ4n) is 3.30. The zero-order valence-corrected chi connectivity index (χ0v) is 19.7. The van der Waals surface area contributed by atoms with Crippen molar-refractivity contribution in [1.82, 2.24) is 10.7 Å². The summed E-state index contributed by atoms with van der Waals surface area (Å²) in [6.45, 7) is 10.7. The largest absolute Gasteiger partial charge is 0.367 e. The molecule has 0 bridgehead atoms. The molecular formula is C24H31N5O4. The van der Waals surface area contributed by atoms with Crippen LogP contribution in [0.2, 0.25) is 0 Å². The summed E-state index contributed by atoms with van der Waals surface area (Å²) in [5.41, 5.74) is 4.89. The molecule has 0 fully saturated rings. The Morgan fingerprint density at radius 3 is 2.30 bits per heavy atom. The van der Waals surface area contributed by atoms with Gasteiger partial charge in [-0.15, -0.1) is 0 Å². The molecule has 2 aromatic carbocycles. The van der Waals surface area contributed by atoms with Crippen molar-refractivity contribution in [1.29, 1.82) is 0 Å². The highest BCUT2D eigenvalue weighted by Gasteiger charge is 2.24. The smallest absolute Gasteiger partial charge is 0.293 e. The van der Waals surface area contributed by atoms with Crippen LogP contribution in [0.4, 0.5) is 11.4 Å². The van der Waals surface area contributed by atoms with Gasteiger partial charge in [0.25, 0.3) is 17.5 Å². The number of aryl methyl sites for hydroxylation is 1. The van der Waals surface area contributed by atoms with Crippen LogP contribution in [0.1, 0.15) is 49.2 Å². The Labute approximate surface area is 194 Å². The van der Waals surface area contributed by atoms with E-state index in [1.54, 1.807) is 24.3 Å². The number of nitrogens with zero attached hydrogens (tertiary/aromatic N) is 3. The minimum Gasteiger partial charge on any atom is -0.367 e. The first kappa shape index (κ1) is 25.5. The number of carbonyl (C=O) groups excluding carboxylic acids is 2. The summed E-state index contributed by atoms with van der Waals surface area (Å²) in [6, 6.07) is 11.1. The lowest BCUT2D eigenvalue weighted by molar-refractivity contribution is -0.384. The highest BCUT2D eigenvalue weighted by Crippen LogP contribution is 2.28. The van der Waals surface area contributed by atoms with Crippen molar-refractivity contribution >= 4 is 29.4 Å². The summed E-state index contributed by atoms with van der Waals surface area (Å²) in [5.74, 6) is -1.00. The maximum atomic E-state index is 12.6. The number of hydrogen-bond donors (Lipinski definition) is 2. The molecule has 0 aliphatic heterocycles. The van der Waals surface area contributed by atoms with Crippen LogP contribution in [-0.4, -0.2) is 42.1 Å². The van der Waals surface area contributed by atoms with Gasteiger partial charge >= 0.3 is 0 Å². The molecule has 0 aromatic heterocycles. The van der Waals surface area contributed by atoms with Crippen LogP contribution < -0.4 is 15.6 Å². The van der Waals surface area contributed by atoms with Crippen molar-refractivity contribution < 1.29 is 14.5 Å². The van der Waals surface area contributed by atoms with Crippen LogP contribution >= 0.6 is 0 Å². The van der Waals surface area contributed by atoms with Gasteiger partial charge in [-0.2, -0.15) is 5.10 Å². The first-order chi connectivity index (χ1) is 15.7. The van der Waals surface area contributed by atoms with Crippen LogP contribution in [-0.2, 0) is 4.79 Å². The van der Waals surface area contributed by atoms with E-state index in [0.717, 1.165) is 5.56 Å². The molecule has 0 radical (unpaired) electrons. The van der Waals surface area contributed by atoms with Crippen LogP contribution in [0.15, 0.2) is 47.6 Å². The molecule has 0 heterocycles. The lowest BCUT2D eigenvalue weighted by atomic mass is 10.0. The Kier molecular flexibility index (Phi) is 9.08. The summed E-state index contributed by atoms with van der Waals surface area (Å²) in [7, 11) is 0. The average Bonchev–Trinajstić information content (AvgIpc) is 2.78. The Bertz CT molecular complexity index is 1010. The molecule has 2 rings (SSSR count). The topological polar surface area (TPSA) is 117 Å². The minimum atomic E-state index is -0.796. The standard InChI is InChI=1S/C24H31N5O4/c1-6-28(7-2)20-13-10-18(14-21(20)29(32)33)15-25-27-24(31)22(16(3)4)26-23(30)19-11-8-17(5)9-12-19/h8-16,22H,6-7H2,1-5H3,(H,26,30)(H,27,31). The molecule has 2 N–H and O–H groups in total. The number of nitro groups is 1. The van der Waals surface area contributed by atoms with E-state index in [-0.39, 0.29) is 17.5 Å². The third kappa shape index (κ3) is 6.86. The highest BCUT2D eigenvalue weighted by atomic mass is 16.6. The van der Waals surface area contributed by atoms with Crippen molar-refractivity contribution in [2.45, 2.75) is 40.7 Å². The molecule has 1 atom stereocenters. The summed E-state index contributed by atoms with van der Waals surface area (Å²) >= 11 is 0. The van der Waals surface area contributed by atoms with E-state index in [0.29, 0.717) is 29.9 Å². The Morgan fingerprint density at radius 1 is 1.12 bits per heavy atom. The number of hydrazone groups is 1. The summed E-state index contributed by atoms with van der Waals surface area (Å²) in [5, 5.41) is 18.2. The predicted molar refractivity (Wildman–Crippen MR) is 130 cm³/mol. The molecule has 0 aliphatic rings. The number of anilines is 1. The molecule has 9 nitrogen and oxygen atoms in total. The summed E-state index contributed by atoms with van der Waals surface area (Å²) in [4.78, 5) is 38.1. The monoisotopic (exact) mass is 453 g/mol. The zero-order valence-electron chi connectivity index (χ0n) is 19.7. The molecule has 2 aromatic rings. The fraction of sp³-hybridized carbons (Fsp3) is 0.375. The maximum absolute atomic E-state index is 12.6. The molecular weight excluding hydrogens is 422 g/mol. The molecule has 33 heavy (non-hydrogen) atoms. The molecule has 0 aliphatic carbocycles. The molecule has 2 amide bonds. The van der Waals surface area contributed by atoms with E-state index in [1.807, 2.05) is 51.7 Å². The second-order valence-electron chi connectivity index (χ2n) is 7.97. The maximum Gasteiger partial charge on any atom is 0.293 e. The number of carbonyl (C=O) groups is 2. The number of nitro benzene ring substituents is 1. The van der Waals surface area contributed by atoms with Crippen LogP contribution in [0.3, 0.4) is 0 Å². The molecule has 0 saturated heterocycles. The number of nitrogens with one attached hydrogen (secondary N) is 2. The molecule has 1 unspecified atom stereocenters. The van der Waals surface area contributed by atoms with Crippen LogP contribution in [0.25, 0.3) is 0 Å². The van der Waals surface area contributed by atoms with Gasteiger partial charge in [-0.05, 0) is 44.9 Å². The SMILES string of the molecule is CCN(CC)c1ccc(C=NNC(=O)C(NC(=O)c2ccc(C)cc2)C(C)C)cc1[N+](=O)[O-]. The number of benzene rings is 2. The van der Waals surface area contributed by atoms with Gasteiger partial charge in [0.2, 0.25) is 0 Å². The Morgan fingerprint density at radius 2 is 1.76 bits per heavy atom. The molecule has 9 heteroatoms.